The maximum atomic E-state index is 14.1. The van der Waals surface area contributed by atoms with Crippen molar-refractivity contribution in [2.45, 2.75) is 24.3 Å². The minimum Gasteiger partial charge on any atom is -0.358 e. The second-order valence-corrected chi connectivity index (χ2v) is 7.95. The Bertz CT molecular complexity index is 1180. The number of nitrogens with zero attached hydrogens (tertiary/aromatic N) is 3. The van der Waals surface area contributed by atoms with E-state index in [0.717, 1.165) is 16.6 Å². The lowest BCUT2D eigenvalue weighted by Gasteiger charge is -2.10. The number of Topliss-reactive ketones (excluding diaryl/α,β-unsaturated/α-hetero) is 1. The summed E-state index contributed by atoms with van der Waals surface area (Å²) in [7, 11) is 1.78. The van der Waals surface area contributed by atoms with Gasteiger partial charge in [0.05, 0.1) is 10.8 Å². The highest BCUT2D eigenvalue weighted by molar-refractivity contribution is 8.00. The number of thioether (sulfide) groups is 1. The summed E-state index contributed by atoms with van der Waals surface area (Å²) in [6.45, 7) is 3.76. The van der Waals surface area contributed by atoms with Gasteiger partial charge in [-0.1, -0.05) is 42.1 Å². The van der Waals surface area contributed by atoms with Crippen LogP contribution in [0.1, 0.15) is 23.0 Å². The van der Waals surface area contributed by atoms with E-state index in [-0.39, 0.29) is 16.9 Å². The number of carbonyl (C=O) groups is 1. The zero-order valence-electron chi connectivity index (χ0n) is 15.7. The topological polar surface area (TPSA) is 63.6 Å². The molecule has 0 saturated heterocycles. The summed E-state index contributed by atoms with van der Waals surface area (Å²) in [5, 5.41) is 9.41. The molecule has 0 fully saturated rings. The van der Waals surface area contributed by atoms with Crippen LogP contribution in [0.3, 0.4) is 0 Å². The number of aromatic nitrogens is 4. The number of hydrogen-bond donors (Lipinski definition) is 1. The van der Waals surface area contributed by atoms with E-state index in [4.69, 9.17) is 0 Å². The van der Waals surface area contributed by atoms with Crippen molar-refractivity contribution >= 4 is 28.4 Å². The molecule has 5 nitrogen and oxygen atoms in total. The van der Waals surface area contributed by atoms with Crippen molar-refractivity contribution in [3.63, 3.8) is 0 Å². The smallest absolute Gasteiger partial charge is 0.191 e. The van der Waals surface area contributed by atoms with E-state index >= 15 is 0 Å². The number of halogens is 1. The lowest BCUT2D eigenvalue weighted by Crippen LogP contribution is -2.15. The number of aromatic amines is 1. The van der Waals surface area contributed by atoms with Gasteiger partial charge in [0.25, 0.3) is 0 Å². The standard InChI is InChI=1S/C21H19FN4OS/c1-12-18(15-9-5-7-11-17(15)23-12)19(27)13(2)28-21-25-24-20(26(21)3)14-8-4-6-10-16(14)22/h4-11,13,23H,1-3H3/t13-/m1/s1. The van der Waals surface area contributed by atoms with Gasteiger partial charge in [-0.3, -0.25) is 4.79 Å². The number of carbonyl (C=O) groups excluding carboxylic acids is 1. The maximum Gasteiger partial charge on any atom is 0.191 e. The molecule has 2 aromatic heterocycles. The molecule has 28 heavy (non-hydrogen) atoms. The van der Waals surface area contributed by atoms with E-state index in [1.807, 2.05) is 38.1 Å². The number of aryl methyl sites for hydroxylation is 1. The van der Waals surface area contributed by atoms with Crippen LogP contribution in [0.2, 0.25) is 0 Å². The number of H-pyrrole nitrogens is 1. The lowest BCUT2D eigenvalue weighted by molar-refractivity contribution is 0.0995. The third-order valence-corrected chi connectivity index (χ3v) is 5.88. The van der Waals surface area contributed by atoms with E-state index in [2.05, 4.69) is 15.2 Å². The summed E-state index contributed by atoms with van der Waals surface area (Å²) >= 11 is 1.32. The third-order valence-electron chi connectivity index (χ3n) is 4.74. The zero-order valence-corrected chi connectivity index (χ0v) is 16.5. The Hall–Kier alpha value is -2.93. The first kappa shape index (κ1) is 18.4. The molecular weight excluding hydrogens is 375 g/mol. The molecule has 1 atom stereocenters. The van der Waals surface area contributed by atoms with Crippen LogP contribution in [0.15, 0.2) is 53.7 Å². The van der Waals surface area contributed by atoms with Crippen molar-refractivity contribution in [1.82, 2.24) is 19.7 Å². The number of rotatable bonds is 5. The quantitative estimate of drug-likeness (QED) is 0.391. The van der Waals surface area contributed by atoms with Gasteiger partial charge in [0.2, 0.25) is 0 Å². The second kappa shape index (κ2) is 7.24. The molecule has 4 aromatic rings. The molecule has 0 amide bonds. The fraction of sp³-hybridized carbons (Fsp3) is 0.190. The van der Waals surface area contributed by atoms with Crippen molar-refractivity contribution in [1.29, 1.82) is 0 Å². The molecule has 0 spiro atoms. The highest BCUT2D eigenvalue weighted by Gasteiger charge is 2.24. The Balaban J connectivity index is 1.62. The Morgan fingerprint density at radius 3 is 2.64 bits per heavy atom. The van der Waals surface area contributed by atoms with Gasteiger partial charge in [-0.25, -0.2) is 4.39 Å². The first-order valence-electron chi connectivity index (χ1n) is 8.90. The summed E-state index contributed by atoms with van der Waals surface area (Å²) in [6, 6.07) is 14.2. The summed E-state index contributed by atoms with van der Waals surface area (Å²) in [4.78, 5) is 16.4. The molecule has 0 aliphatic rings. The molecule has 0 radical (unpaired) electrons. The van der Waals surface area contributed by atoms with E-state index in [1.165, 1.54) is 17.8 Å². The molecule has 0 saturated carbocycles. The average molecular weight is 394 g/mol. The number of ketones is 1. The summed E-state index contributed by atoms with van der Waals surface area (Å²) in [6.07, 6.45) is 0. The van der Waals surface area contributed by atoms with Crippen molar-refractivity contribution in [2.75, 3.05) is 0 Å². The van der Waals surface area contributed by atoms with Gasteiger partial charge in [-0.05, 0) is 32.0 Å². The summed E-state index contributed by atoms with van der Waals surface area (Å²) in [5.74, 6) is 0.104. The number of hydrogen-bond acceptors (Lipinski definition) is 4. The molecule has 2 aromatic carbocycles. The fourth-order valence-electron chi connectivity index (χ4n) is 3.30. The Labute approximate surface area is 166 Å². The van der Waals surface area contributed by atoms with E-state index in [9.17, 15) is 9.18 Å². The van der Waals surface area contributed by atoms with Crippen LogP contribution >= 0.6 is 11.8 Å². The molecular formula is C21H19FN4OS. The molecule has 0 aliphatic heterocycles. The van der Waals surface area contributed by atoms with Crippen LogP contribution in [-0.2, 0) is 7.05 Å². The third kappa shape index (κ3) is 3.11. The first-order valence-corrected chi connectivity index (χ1v) is 9.77. The number of nitrogens with one attached hydrogen (secondary N) is 1. The van der Waals surface area contributed by atoms with Crippen molar-refractivity contribution in [3.8, 4) is 11.4 Å². The summed E-state index contributed by atoms with van der Waals surface area (Å²) in [5.41, 5.74) is 2.88. The van der Waals surface area contributed by atoms with E-state index in [1.54, 1.807) is 29.8 Å². The van der Waals surface area contributed by atoms with Gasteiger partial charge in [-0.15, -0.1) is 10.2 Å². The number of para-hydroxylation sites is 1. The van der Waals surface area contributed by atoms with Gasteiger partial charge in [-0.2, -0.15) is 0 Å². The molecule has 0 aliphatic carbocycles. The van der Waals surface area contributed by atoms with Gasteiger partial charge >= 0.3 is 0 Å². The van der Waals surface area contributed by atoms with Crippen LogP contribution < -0.4 is 0 Å². The van der Waals surface area contributed by atoms with Crippen LogP contribution in [-0.4, -0.2) is 30.8 Å². The minimum absolute atomic E-state index is 0.0235. The van der Waals surface area contributed by atoms with Gasteiger partial charge in [0.15, 0.2) is 16.8 Å². The molecule has 7 heteroatoms. The Kier molecular flexibility index (Phi) is 4.77. The van der Waals surface area contributed by atoms with E-state index in [0.29, 0.717) is 22.1 Å². The van der Waals surface area contributed by atoms with Gasteiger partial charge in [0, 0.05) is 29.2 Å². The number of fused-ring (bicyclic) bond motifs is 1. The van der Waals surface area contributed by atoms with Gasteiger partial charge < -0.3 is 9.55 Å². The lowest BCUT2D eigenvalue weighted by atomic mass is 10.1. The Morgan fingerprint density at radius 2 is 1.86 bits per heavy atom. The molecule has 0 bridgehead atoms. The highest BCUT2D eigenvalue weighted by Crippen LogP contribution is 2.31. The monoisotopic (exact) mass is 394 g/mol. The first-order chi connectivity index (χ1) is 13.5. The van der Waals surface area contributed by atoms with Crippen LogP contribution in [0, 0.1) is 12.7 Å². The average Bonchev–Trinajstić information content (AvgIpc) is 3.21. The van der Waals surface area contributed by atoms with Crippen LogP contribution in [0.25, 0.3) is 22.3 Å². The van der Waals surface area contributed by atoms with Gasteiger partial charge in [0.1, 0.15) is 5.82 Å². The largest absolute Gasteiger partial charge is 0.358 e. The van der Waals surface area contributed by atoms with Crippen molar-refractivity contribution in [2.24, 2.45) is 7.05 Å². The van der Waals surface area contributed by atoms with E-state index < -0.39 is 0 Å². The number of benzene rings is 2. The fourth-order valence-corrected chi connectivity index (χ4v) is 4.18. The maximum absolute atomic E-state index is 14.1. The molecule has 142 valence electrons. The second-order valence-electron chi connectivity index (χ2n) is 6.64. The summed E-state index contributed by atoms with van der Waals surface area (Å²) < 4.78 is 15.8. The normalized spacial score (nSPS) is 12.4. The SMILES string of the molecule is Cc1[nH]c2ccccc2c1C(=O)[C@@H](C)Sc1nnc(-c2ccccc2F)n1C. The van der Waals surface area contributed by atoms with Crippen molar-refractivity contribution < 1.29 is 9.18 Å². The molecule has 0 unspecified atom stereocenters. The van der Waals surface area contributed by atoms with Crippen LogP contribution in [0.5, 0.6) is 0 Å². The predicted molar refractivity (Wildman–Crippen MR) is 109 cm³/mol. The molecule has 4 rings (SSSR count). The molecule has 2 heterocycles. The van der Waals surface area contributed by atoms with Crippen LogP contribution in [0.4, 0.5) is 4.39 Å². The van der Waals surface area contributed by atoms with Crippen molar-refractivity contribution in [3.05, 3.63) is 65.6 Å². The Morgan fingerprint density at radius 1 is 1.14 bits per heavy atom. The highest BCUT2D eigenvalue weighted by atomic mass is 32.2. The zero-order chi connectivity index (χ0) is 19.8. The minimum atomic E-state index is -0.366. The molecule has 1 N–H and O–H groups in total. The predicted octanol–water partition coefficient (Wildman–Crippen LogP) is 4.77.